The third-order valence-corrected chi connectivity index (χ3v) is 3.87. The summed E-state index contributed by atoms with van der Waals surface area (Å²) < 4.78 is 5.96. The summed E-state index contributed by atoms with van der Waals surface area (Å²) in [6.07, 6.45) is -0.685. The summed E-state index contributed by atoms with van der Waals surface area (Å²) in [5.74, 6) is 0.155. The fourth-order valence-electron chi connectivity index (χ4n) is 2.21. The molecule has 1 aliphatic rings. The Kier molecular flexibility index (Phi) is 5.92. The van der Waals surface area contributed by atoms with Gasteiger partial charge < -0.3 is 15.2 Å². The van der Waals surface area contributed by atoms with Gasteiger partial charge in [0.05, 0.1) is 9.40 Å². The molecule has 1 aromatic carbocycles. The molecule has 0 spiro atoms. The largest absolute Gasteiger partial charge is 0.483 e. The molecule has 1 heterocycles. The van der Waals surface area contributed by atoms with Gasteiger partial charge in [0, 0.05) is 38.8 Å². The fourth-order valence-corrected chi connectivity index (χ4v) is 2.68. The van der Waals surface area contributed by atoms with Crippen LogP contribution < -0.4 is 10.1 Å². The summed E-state index contributed by atoms with van der Waals surface area (Å²) in [7, 11) is 0. The van der Waals surface area contributed by atoms with Gasteiger partial charge in [0.2, 0.25) is 5.75 Å². The molecule has 1 unspecified atom stereocenters. The van der Waals surface area contributed by atoms with Crippen LogP contribution in [0.5, 0.6) is 5.75 Å². The van der Waals surface area contributed by atoms with Crippen LogP contribution in [0.3, 0.4) is 0 Å². The van der Waals surface area contributed by atoms with Gasteiger partial charge in [-0.2, -0.15) is 0 Å². The molecule has 7 nitrogen and oxygen atoms in total. The first-order valence-corrected chi connectivity index (χ1v) is 7.54. The van der Waals surface area contributed by atoms with E-state index in [9.17, 15) is 15.2 Å². The summed E-state index contributed by atoms with van der Waals surface area (Å²) in [6, 6.07) is 4.63. The number of ether oxygens (including phenoxy) is 1. The number of β-amino-alcohol motifs (C(OH)–C–C–N with tert-alkyl or cyclic N) is 1. The van der Waals surface area contributed by atoms with Crippen molar-refractivity contribution in [2.75, 3.05) is 39.3 Å². The minimum Gasteiger partial charge on any atom is -0.483 e. The Balaban J connectivity index is 1.91. The van der Waals surface area contributed by atoms with E-state index in [-0.39, 0.29) is 18.0 Å². The smallest absolute Gasteiger partial charge is 0.312 e. The van der Waals surface area contributed by atoms with Crippen LogP contribution in [0, 0.1) is 10.1 Å². The predicted octanol–water partition coefficient (Wildman–Crippen LogP) is 1.00. The van der Waals surface area contributed by atoms with Gasteiger partial charge in [-0.05, 0) is 22.0 Å². The number of nitrogens with zero attached hydrogens (tertiary/aromatic N) is 2. The van der Waals surface area contributed by atoms with E-state index in [1.165, 1.54) is 6.07 Å². The van der Waals surface area contributed by atoms with Gasteiger partial charge in [-0.25, -0.2) is 0 Å². The SMILES string of the molecule is O=[N+]([O-])c1cccc(Br)c1OCC(O)CN1CCNCC1. The van der Waals surface area contributed by atoms with Gasteiger partial charge in [-0.3, -0.25) is 15.0 Å². The first-order chi connectivity index (χ1) is 10.1. The second-order valence-corrected chi connectivity index (χ2v) is 5.71. The average Bonchev–Trinajstić information content (AvgIpc) is 2.46. The number of nitrogens with one attached hydrogen (secondary N) is 1. The van der Waals surface area contributed by atoms with E-state index in [0.717, 1.165) is 26.2 Å². The molecule has 1 atom stereocenters. The highest BCUT2D eigenvalue weighted by molar-refractivity contribution is 9.10. The maximum atomic E-state index is 11.0. The number of hydrogen-bond acceptors (Lipinski definition) is 6. The van der Waals surface area contributed by atoms with E-state index >= 15 is 0 Å². The molecule has 0 saturated carbocycles. The van der Waals surface area contributed by atoms with Crippen molar-refractivity contribution in [3.8, 4) is 5.75 Å². The number of nitro groups is 1. The zero-order valence-corrected chi connectivity index (χ0v) is 13.1. The van der Waals surface area contributed by atoms with Crippen molar-refractivity contribution in [3.63, 3.8) is 0 Å². The van der Waals surface area contributed by atoms with Crippen molar-refractivity contribution in [1.29, 1.82) is 0 Å². The fraction of sp³-hybridized carbons (Fsp3) is 0.538. The van der Waals surface area contributed by atoms with Gasteiger partial charge >= 0.3 is 5.69 Å². The zero-order valence-electron chi connectivity index (χ0n) is 11.5. The highest BCUT2D eigenvalue weighted by Gasteiger charge is 2.20. The van der Waals surface area contributed by atoms with Crippen LogP contribution in [0.1, 0.15) is 0 Å². The Bertz CT molecular complexity index is 494. The predicted molar refractivity (Wildman–Crippen MR) is 81.6 cm³/mol. The lowest BCUT2D eigenvalue weighted by Gasteiger charge is -2.29. The van der Waals surface area contributed by atoms with Gasteiger partial charge in [-0.15, -0.1) is 0 Å². The molecule has 1 aliphatic heterocycles. The van der Waals surface area contributed by atoms with Crippen molar-refractivity contribution in [2.45, 2.75) is 6.10 Å². The number of para-hydroxylation sites is 1. The second-order valence-electron chi connectivity index (χ2n) is 4.86. The third-order valence-electron chi connectivity index (χ3n) is 3.24. The monoisotopic (exact) mass is 359 g/mol. The van der Waals surface area contributed by atoms with Crippen LogP contribution in [0.15, 0.2) is 22.7 Å². The Hall–Kier alpha value is -1.22. The maximum absolute atomic E-state index is 11.0. The Labute approximate surface area is 131 Å². The van der Waals surface area contributed by atoms with Crippen molar-refractivity contribution in [2.24, 2.45) is 0 Å². The van der Waals surface area contributed by atoms with Crippen molar-refractivity contribution >= 4 is 21.6 Å². The van der Waals surface area contributed by atoms with Gasteiger partial charge in [-0.1, -0.05) is 6.07 Å². The molecule has 0 aliphatic carbocycles. The minimum absolute atomic E-state index is 0.0212. The summed E-state index contributed by atoms with van der Waals surface area (Å²) in [6.45, 7) is 4.10. The lowest BCUT2D eigenvalue weighted by atomic mass is 10.3. The van der Waals surface area contributed by atoms with Gasteiger partial charge in [0.1, 0.15) is 12.7 Å². The molecule has 0 radical (unpaired) electrons. The molecular weight excluding hydrogens is 342 g/mol. The summed E-state index contributed by atoms with van der Waals surface area (Å²) in [5, 5.41) is 24.2. The minimum atomic E-state index is -0.685. The number of piperazine rings is 1. The number of aliphatic hydroxyl groups is 1. The van der Waals surface area contributed by atoms with E-state index in [1.54, 1.807) is 12.1 Å². The molecule has 1 fully saturated rings. The lowest BCUT2D eigenvalue weighted by Crippen LogP contribution is -2.47. The standard InChI is InChI=1S/C13H18BrN3O4/c14-11-2-1-3-12(17(19)20)13(11)21-9-10(18)8-16-6-4-15-5-7-16/h1-3,10,15,18H,4-9H2. The zero-order chi connectivity index (χ0) is 15.2. The molecule has 21 heavy (non-hydrogen) atoms. The highest BCUT2D eigenvalue weighted by Crippen LogP contribution is 2.34. The molecule has 116 valence electrons. The number of benzene rings is 1. The van der Waals surface area contributed by atoms with Crippen LogP contribution in [0.2, 0.25) is 0 Å². The summed E-state index contributed by atoms with van der Waals surface area (Å²) in [5.41, 5.74) is -0.112. The van der Waals surface area contributed by atoms with E-state index in [4.69, 9.17) is 4.74 Å². The Morgan fingerprint density at radius 3 is 2.86 bits per heavy atom. The quantitative estimate of drug-likeness (QED) is 0.581. The Morgan fingerprint density at radius 2 is 2.19 bits per heavy atom. The summed E-state index contributed by atoms with van der Waals surface area (Å²) in [4.78, 5) is 12.6. The van der Waals surface area contributed by atoms with Crippen LogP contribution in [-0.2, 0) is 0 Å². The molecule has 8 heteroatoms. The molecule has 0 aromatic heterocycles. The van der Waals surface area contributed by atoms with E-state index in [1.807, 2.05) is 0 Å². The highest BCUT2D eigenvalue weighted by atomic mass is 79.9. The number of rotatable bonds is 6. The third kappa shape index (κ3) is 4.63. The lowest BCUT2D eigenvalue weighted by molar-refractivity contribution is -0.386. The molecule has 0 amide bonds. The first kappa shape index (κ1) is 16.2. The van der Waals surface area contributed by atoms with Crippen LogP contribution in [0.4, 0.5) is 5.69 Å². The van der Waals surface area contributed by atoms with Gasteiger partial charge in [0.25, 0.3) is 0 Å². The average molecular weight is 360 g/mol. The molecule has 2 N–H and O–H groups in total. The number of halogens is 1. The maximum Gasteiger partial charge on any atom is 0.312 e. The van der Waals surface area contributed by atoms with Crippen LogP contribution >= 0.6 is 15.9 Å². The van der Waals surface area contributed by atoms with E-state index in [0.29, 0.717) is 11.0 Å². The second kappa shape index (κ2) is 7.69. The molecule has 1 aromatic rings. The Morgan fingerprint density at radius 1 is 1.48 bits per heavy atom. The van der Waals surface area contributed by atoms with Crippen molar-refractivity contribution in [1.82, 2.24) is 10.2 Å². The summed E-state index contributed by atoms with van der Waals surface area (Å²) >= 11 is 3.23. The van der Waals surface area contributed by atoms with Crippen molar-refractivity contribution < 1.29 is 14.8 Å². The molecule has 1 saturated heterocycles. The normalized spacial score (nSPS) is 17.4. The van der Waals surface area contributed by atoms with Crippen LogP contribution in [-0.4, -0.2) is 60.4 Å². The molecule has 0 bridgehead atoms. The molecule has 2 rings (SSSR count). The first-order valence-electron chi connectivity index (χ1n) is 6.75. The number of aliphatic hydroxyl groups excluding tert-OH is 1. The molecular formula is C13H18BrN3O4. The van der Waals surface area contributed by atoms with Crippen molar-refractivity contribution in [3.05, 3.63) is 32.8 Å². The van der Waals surface area contributed by atoms with Crippen LogP contribution in [0.25, 0.3) is 0 Å². The van der Waals surface area contributed by atoms with E-state index < -0.39 is 11.0 Å². The number of nitro benzene ring substituents is 1. The topological polar surface area (TPSA) is 87.9 Å². The van der Waals surface area contributed by atoms with E-state index in [2.05, 4.69) is 26.1 Å². The van der Waals surface area contributed by atoms with Gasteiger partial charge in [0.15, 0.2) is 0 Å². The number of hydrogen-bond donors (Lipinski definition) is 2.